The van der Waals surface area contributed by atoms with Gasteiger partial charge >= 0.3 is 0 Å². The van der Waals surface area contributed by atoms with Gasteiger partial charge in [0.05, 0.1) is 17.7 Å². The first-order valence-electron chi connectivity index (χ1n) is 6.69. The van der Waals surface area contributed by atoms with Gasteiger partial charge in [-0.3, -0.25) is 4.79 Å². The van der Waals surface area contributed by atoms with Gasteiger partial charge in [-0.15, -0.1) is 0 Å². The molecule has 1 aliphatic heterocycles. The maximum atomic E-state index is 12.7. The molecule has 2 rings (SSSR count). The Labute approximate surface area is 109 Å². The molecule has 1 aliphatic rings. The number of hydrogen-bond donors (Lipinski definition) is 1. The molecule has 1 fully saturated rings. The van der Waals surface area contributed by atoms with Gasteiger partial charge in [0.2, 0.25) is 0 Å². The van der Waals surface area contributed by atoms with Crippen LogP contribution >= 0.6 is 0 Å². The molecule has 0 radical (unpaired) electrons. The predicted octanol–water partition coefficient (Wildman–Crippen LogP) is 2.80. The van der Waals surface area contributed by atoms with Crippen molar-refractivity contribution in [3.8, 4) is 5.75 Å². The van der Waals surface area contributed by atoms with Crippen LogP contribution in [0.4, 0.5) is 0 Å². The fourth-order valence-electron chi connectivity index (χ4n) is 2.48. The van der Waals surface area contributed by atoms with E-state index in [1.165, 1.54) is 0 Å². The first-order chi connectivity index (χ1) is 8.67. The smallest absolute Gasteiger partial charge is 0.186 e. The average molecular weight is 247 g/mol. The maximum Gasteiger partial charge on any atom is 0.186 e. The number of hydrogen-bond acceptors (Lipinski definition) is 3. The Hall–Kier alpha value is -1.35. The molecule has 18 heavy (non-hydrogen) atoms. The second kappa shape index (κ2) is 5.53. The molecule has 0 bridgehead atoms. The summed E-state index contributed by atoms with van der Waals surface area (Å²) in [6.07, 6.45) is 3.15. The van der Waals surface area contributed by atoms with Crippen LogP contribution in [-0.2, 0) is 0 Å². The summed E-state index contributed by atoms with van der Waals surface area (Å²) in [5.74, 6) is 0.838. The van der Waals surface area contributed by atoms with Gasteiger partial charge in [-0.1, -0.05) is 12.1 Å². The Bertz CT molecular complexity index is 422. The molecule has 1 unspecified atom stereocenters. The van der Waals surface area contributed by atoms with Crippen LogP contribution in [0, 0.1) is 0 Å². The van der Waals surface area contributed by atoms with Crippen molar-refractivity contribution in [3.63, 3.8) is 0 Å². The van der Waals surface area contributed by atoms with Crippen LogP contribution in [0.15, 0.2) is 24.3 Å². The van der Waals surface area contributed by atoms with Crippen molar-refractivity contribution in [2.24, 2.45) is 0 Å². The molecule has 1 atom stereocenters. The van der Waals surface area contributed by atoms with Gasteiger partial charge in [-0.2, -0.15) is 0 Å². The lowest BCUT2D eigenvalue weighted by Gasteiger charge is -2.33. The third kappa shape index (κ3) is 2.56. The number of nitrogens with one attached hydrogen (secondary N) is 1. The van der Waals surface area contributed by atoms with Gasteiger partial charge in [0.25, 0.3) is 0 Å². The molecule has 1 aromatic carbocycles. The second-order valence-corrected chi connectivity index (χ2v) is 4.97. The zero-order valence-electron chi connectivity index (χ0n) is 11.2. The Balaban J connectivity index is 2.27. The summed E-state index contributed by atoms with van der Waals surface area (Å²) in [6, 6.07) is 7.51. The lowest BCUT2D eigenvalue weighted by atomic mass is 9.83. The summed E-state index contributed by atoms with van der Waals surface area (Å²) < 4.78 is 5.55. The van der Waals surface area contributed by atoms with Crippen molar-refractivity contribution in [2.75, 3.05) is 13.2 Å². The molecule has 1 saturated heterocycles. The van der Waals surface area contributed by atoms with Gasteiger partial charge in [-0.05, 0) is 51.8 Å². The standard InChI is InChI=1S/C15H21NO2/c1-3-18-13-9-5-4-8-12(13)14(17)15(2)10-6-7-11-16-15/h4-5,8-9,16H,3,6-7,10-11H2,1-2H3. The van der Waals surface area contributed by atoms with E-state index < -0.39 is 5.54 Å². The van der Waals surface area contributed by atoms with E-state index in [-0.39, 0.29) is 5.78 Å². The highest BCUT2D eigenvalue weighted by molar-refractivity contribution is 6.05. The van der Waals surface area contributed by atoms with E-state index in [9.17, 15) is 4.79 Å². The summed E-state index contributed by atoms with van der Waals surface area (Å²) >= 11 is 0. The highest BCUT2D eigenvalue weighted by Gasteiger charge is 2.36. The number of carbonyl (C=O) groups excluding carboxylic acids is 1. The van der Waals surface area contributed by atoms with E-state index in [0.29, 0.717) is 17.9 Å². The molecule has 1 aromatic rings. The quantitative estimate of drug-likeness (QED) is 0.831. The predicted molar refractivity (Wildman–Crippen MR) is 72.2 cm³/mol. The third-order valence-corrected chi connectivity index (χ3v) is 3.55. The molecule has 0 saturated carbocycles. The summed E-state index contributed by atoms with van der Waals surface area (Å²) in [7, 11) is 0. The molecule has 0 amide bonds. The van der Waals surface area contributed by atoms with Crippen LogP contribution in [-0.4, -0.2) is 24.5 Å². The van der Waals surface area contributed by atoms with Crippen LogP contribution in [0.2, 0.25) is 0 Å². The summed E-state index contributed by atoms with van der Waals surface area (Å²) in [6.45, 7) is 5.42. The number of piperidine rings is 1. The van der Waals surface area contributed by atoms with E-state index in [4.69, 9.17) is 4.74 Å². The van der Waals surface area contributed by atoms with E-state index in [1.807, 2.05) is 38.1 Å². The lowest BCUT2D eigenvalue weighted by Crippen LogP contribution is -2.52. The van der Waals surface area contributed by atoms with E-state index in [0.717, 1.165) is 25.8 Å². The molecule has 0 aliphatic carbocycles. The minimum Gasteiger partial charge on any atom is -0.493 e. The van der Waals surface area contributed by atoms with Gasteiger partial charge in [-0.25, -0.2) is 0 Å². The highest BCUT2D eigenvalue weighted by atomic mass is 16.5. The molecule has 1 N–H and O–H groups in total. The first kappa shape index (κ1) is 13.1. The van der Waals surface area contributed by atoms with Crippen LogP contribution in [0.3, 0.4) is 0 Å². The molecular formula is C15H21NO2. The van der Waals surface area contributed by atoms with E-state index in [1.54, 1.807) is 0 Å². The molecule has 3 heteroatoms. The fourth-order valence-corrected chi connectivity index (χ4v) is 2.48. The average Bonchev–Trinajstić information content (AvgIpc) is 2.40. The number of rotatable bonds is 4. The number of Topliss-reactive ketones (excluding diaryl/α,β-unsaturated/α-hetero) is 1. The Morgan fingerprint density at radius 2 is 2.17 bits per heavy atom. The van der Waals surface area contributed by atoms with Gasteiger partial charge in [0.1, 0.15) is 5.75 Å². The number of benzene rings is 1. The number of ketones is 1. The highest BCUT2D eigenvalue weighted by Crippen LogP contribution is 2.28. The molecule has 3 nitrogen and oxygen atoms in total. The largest absolute Gasteiger partial charge is 0.493 e. The molecule has 0 spiro atoms. The summed E-state index contributed by atoms with van der Waals surface area (Å²) in [5.41, 5.74) is 0.252. The number of para-hydroxylation sites is 1. The topological polar surface area (TPSA) is 38.3 Å². The van der Waals surface area contributed by atoms with Gasteiger partial charge in [0.15, 0.2) is 5.78 Å². The number of ether oxygens (including phenoxy) is 1. The molecular weight excluding hydrogens is 226 g/mol. The minimum absolute atomic E-state index is 0.145. The normalized spacial score (nSPS) is 23.7. The Morgan fingerprint density at radius 3 is 2.83 bits per heavy atom. The van der Waals surface area contributed by atoms with Crippen LogP contribution in [0.1, 0.15) is 43.5 Å². The second-order valence-electron chi connectivity index (χ2n) is 4.97. The zero-order chi connectivity index (χ0) is 13.0. The van der Waals surface area contributed by atoms with Crippen LogP contribution in [0.25, 0.3) is 0 Å². The summed E-state index contributed by atoms with van der Waals surface area (Å²) in [5, 5.41) is 3.36. The number of carbonyl (C=O) groups is 1. The van der Waals surface area contributed by atoms with Crippen molar-refractivity contribution in [3.05, 3.63) is 29.8 Å². The van der Waals surface area contributed by atoms with Crippen LogP contribution in [0.5, 0.6) is 5.75 Å². The van der Waals surface area contributed by atoms with Gasteiger partial charge in [0, 0.05) is 0 Å². The van der Waals surface area contributed by atoms with Crippen molar-refractivity contribution in [1.29, 1.82) is 0 Å². The van der Waals surface area contributed by atoms with E-state index >= 15 is 0 Å². The SMILES string of the molecule is CCOc1ccccc1C(=O)C1(C)CCCCN1. The molecule has 1 heterocycles. The minimum atomic E-state index is -0.439. The lowest BCUT2D eigenvalue weighted by molar-refractivity contribution is 0.0831. The Morgan fingerprint density at radius 1 is 1.39 bits per heavy atom. The fraction of sp³-hybridized carbons (Fsp3) is 0.533. The Kier molecular flexibility index (Phi) is 4.02. The van der Waals surface area contributed by atoms with Crippen molar-refractivity contribution < 1.29 is 9.53 Å². The van der Waals surface area contributed by atoms with Crippen molar-refractivity contribution in [1.82, 2.24) is 5.32 Å². The molecule has 98 valence electrons. The van der Waals surface area contributed by atoms with Gasteiger partial charge < -0.3 is 10.1 Å². The summed E-state index contributed by atoms with van der Waals surface area (Å²) in [4.78, 5) is 12.7. The maximum absolute atomic E-state index is 12.7. The first-order valence-corrected chi connectivity index (χ1v) is 6.69. The molecule has 0 aromatic heterocycles. The van der Waals surface area contributed by atoms with Crippen molar-refractivity contribution in [2.45, 2.75) is 38.6 Å². The monoisotopic (exact) mass is 247 g/mol. The van der Waals surface area contributed by atoms with E-state index in [2.05, 4.69) is 5.32 Å². The zero-order valence-corrected chi connectivity index (χ0v) is 11.2. The van der Waals surface area contributed by atoms with Crippen LogP contribution < -0.4 is 10.1 Å². The third-order valence-electron chi connectivity index (χ3n) is 3.55. The van der Waals surface area contributed by atoms with Crippen molar-refractivity contribution >= 4 is 5.78 Å².